The van der Waals surface area contributed by atoms with Crippen LogP contribution in [-0.4, -0.2) is 57.9 Å². The van der Waals surface area contributed by atoms with Crippen LogP contribution in [0.4, 0.5) is 0 Å². The van der Waals surface area contributed by atoms with Crippen LogP contribution in [0, 0.1) is 0 Å². The van der Waals surface area contributed by atoms with E-state index < -0.39 is 27.9 Å². The third-order valence-corrected chi connectivity index (χ3v) is 7.49. The molecular formula is C24H29NO7S. The second-order valence-corrected chi connectivity index (χ2v) is 9.76. The molecule has 1 saturated heterocycles. The van der Waals surface area contributed by atoms with Gasteiger partial charge in [-0.3, -0.25) is 4.79 Å². The Morgan fingerprint density at radius 2 is 1.64 bits per heavy atom. The highest BCUT2D eigenvalue weighted by Crippen LogP contribution is 2.27. The molecule has 8 nitrogen and oxygen atoms in total. The van der Waals surface area contributed by atoms with E-state index in [9.17, 15) is 18.0 Å². The Bertz CT molecular complexity index is 1110. The summed E-state index contributed by atoms with van der Waals surface area (Å²) in [6.07, 6.45) is 2.53. The van der Waals surface area contributed by atoms with Gasteiger partial charge in [0.15, 0.2) is 6.10 Å². The monoisotopic (exact) mass is 475 g/mol. The summed E-state index contributed by atoms with van der Waals surface area (Å²) in [5, 5.41) is 0. The fourth-order valence-electron chi connectivity index (χ4n) is 3.72. The molecule has 33 heavy (non-hydrogen) atoms. The first kappa shape index (κ1) is 24.7. The molecule has 3 rings (SSSR count). The molecule has 0 spiro atoms. The second-order valence-electron chi connectivity index (χ2n) is 7.82. The Morgan fingerprint density at radius 3 is 2.27 bits per heavy atom. The Hall–Kier alpha value is -2.91. The number of hydrogen-bond donors (Lipinski definition) is 0. The third kappa shape index (κ3) is 5.72. The Balaban J connectivity index is 1.76. The van der Waals surface area contributed by atoms with Crippen molar-refractivity contribution in [1.82, 2.24) is 4.31 Å². The summed E-state index contributed by atoms with van der Waals surface area (Å²) in [7, 11) is -0.784. The lowest BCUT2D eigenvalue weighted by Gasteiger charge is -2.20. The molecule has 0 aliphatic carbocycles. The Morgan fingerprint density at radius 1 is 0.939 bits per heavy atom. The maximum Gasteiger partial charge on any atom is 0.338 e. The van der Waals surface area contributed by atoms with Crippen molar-refractivity contribution in [2.24, 2.45) is 0 Å². The average Bonchev–Trinajstić information content (AvgIpc) is 3.13. The van der Waals surface area contributed by atoms with Gasteiger partial charge in [0.1, 0.15) is 11.5 Å². The van der Waals surface area contributed by atoms with Crippen LogP contribution >= 0.6 is 0 Å². The molecule has 2 aromatic rings. The highest BCUT2D eigenvalue weighted by molar-refractivity contribution is 7.89. The zero-order valence-corrected chi connectivity index (χ0v) is 19.9. The molecule has 0 bridgehead atoms. The third-order valence-electron chi connectivity index (χ3n) is 5.60. The van der Waals surface area contributed by atoms with Crippen LogP contribution < -0.4 is 9.47 Å². The van der Waals surface area contributed by atoms with E-state index in [0.717, 1.165) is 25.7 Å². The van der Waals surface area contributed by atoms with Crippen LogP contribution in [0.25, 0.3) is 0 Å². The molecule has 0 saturated carbocycles. The molecule has 1 atom stereocenters. The standard InChI is InChI=1S/C24H29NO7S/c1-17(23(26)21-12-11-19(30-2)16-22(21)31-3)32-24(27)18-9-8-10-20(15-18)33(28,29)25-13-6-4-5-7-14-25/h8-12,15-17H,4-7,13-14H2,1-3H3/t17-/m1/s1. The first-order valence-corrected chi connectivity index (χ1v) is 12.3. The van der Waals surface area contributed by atoms with E-state index in [1.807, 2.05) is 0 Å². The molecule has 2 aromatic carbocycles. The predicted molar refractivity (Wildman–Crippen MR) is 122 cm³/mol. The molecule has 0 aromatic heterocycles. The van der Waals surface area contributed by atoms with Gasteiger partial charge in [-0.2, -0.15) is 4.31 Å². The van der Waals surface area contributed by atoms with Gasteiger partial charge in [-0.1, -0.05) is 18.9 Å². The number of sulfonamides is 1. The molecule has 0 radical (unpaired) electrons. The quantitative estimate of drug-likeness (QED) is 0.424. The number of nitrogens with zero attached hydrogens (tertiary/aromatic N) is 1. The highest BCUT2D eigenvalue weighted by atomic mass is 32.2. The maximum absolute atomic E-state index is 13.0. The number of carbonyl (C=O) groups excluding carboxylic acids is 2. The van der Waals surface area contributed by atoms with Crippen LogP contribution in [0.5, 0.6) is 11.5 Å². The number of Topliss-reactive ketones (excluding diaryl/α,β-unsaturated/α-hetero) is 1. The minimum Gasteiger partial charge on any atom is -0.497 e. The van der Waals surface area contributed by atoms with Crippen molar-refractivity contribution in [1.29, 1.82) is 0 Å². The number of esters is 1. The van der Waals surface area contributed by atoms with Crippen molar-refractivity contribution in [2.75, 3.05) is 27.3 Å². The van der Waals surface area contributed by atoms with E-state index >= 15 is 0 Å². The van der Waals surface area contributed by atoms with Gasteiger partial charge in [0.2, 0.25) is 15.8 Å². The maximum atomic E-state index is 13.0. The van der Waals surface area contributed by atoms with Gasteiger partial charge in [0.05, 0.1) is 30.2 Å². The van der Waals surface area contributed by atoms with Crippen LogP contribution in [0.3, 0.4) is 0 Å². The number of ketones is 1. The van der Waals surface area contributed by atoms with Crippen LogP contribution in [0.15, 0.2) is 47.4 Å². The first-order valence-electron chi connectivity index (χ1n) is 10.9. The first-order chi connectivity index (χ1) is 15.8. The molecule has 178 valence electrons. The molecule has 1 heterocycles. The number of hydrogen-bond acceptors (Lipinski definition) is 7. The number of rotatable bonds is 8. The summed E-state index contributed by atoms with van der Waals surface area (Å²) in [6, 6.07) is 10.5. The van der Waals surface area contributed by atoms with Crippen molar-refractivity contribution >= 4 is 21.8 Å². The average molecular weight is 476 g/mol. The van der Waals surface area contributed by atoms with Gasteiger partial charge in [-0.05, 0) is 50.1 Å². The number of ether oxygens (including phenoxy) is 3. The molecule has 9 heteroatoms. The lowest BCUT2D eigenvalue weighted by Crippen LogP contribution is -2.32. The van der Waals surface area contributed by atoms with E-state index in [1.54, 1.807) is 18.2 Å². The Kier molecular flexibility index (Phi) is 8.10. The molecule has 0 N–H and O–H groups in total. The summed E-state index contributed by atoms with van der Waals surface area (Å²) in [5.41, 5.74) is 0.309. The molecule has 0 amide bonds. The van der Waals surface area contributed by atoms with Gasteiger partial charge in [-0.15, -0.1) is 0 Å². The van der Waals surface area contributed by atoms with Crippen molar-refractivity contribution in [3.63, 3.8) is 0 Å². The lowest BCUT2D eigenvalue weighted by molar-refractivity contribution is 0.0317. The second kappa shape index (κ2) is 10.8. The number of benzene rings is 2. The van der Waals surface area contributed by atoms with Gasteiger partial charge in [0, 0.05) is 19.2 Å². The van der Waals surface area contributed by atoms with Gasteiger partial charge < -0.3 is 14.2 Å². The topological polar surface area (TPSA) is 99.2 Å². The molecule has 1 aliphatic heterocycles. The summed E-state index contributed by atoms with van der Waals surface area (Å²) < 4.78 is 43.3. The van der Waals surface area contributed by atoms with E-state index in [4.69, 9.17) is 14.2 Å². The van der Waals surface area contributed by atoms with Gasteiger partial charge >= 0.3 is 5.97 Å². The lowest BCUT2D eigenvalue weighted by atomic mass is 10.1. The largest absolute Gasteiger partial charge is 0.497 e. The van der Waals surface area contributed by atoms with E-state index in [2.05, 4.69) is 0 Å². The van der Waals surface area contributed by atoms with Crippen molar-refractivity contribution in [3.8, 4) is 11.5 Å². The van der Waals surface area contributed by atoms with E-state index in [0.29, 0.717) is 24.6 Å². The van der Waals surface area contributed by atoms with Crippen LogP contribution in [-0.2, 0) is 14.8 Å². The summed E-state index contributed by atoms with van der Waals surface area (Å²) in [4.78, 5) is 25.6. The van der Waals surface area contributed by atoms with Crippen molar-refractivity contribution < 1.29 is 32.2 Å². The summed E-state index contributed by atoms with van der Waals surface area (Å²) in [6.45, 7) is 2.39. The Labute approximate surface area is 194 Å². The van der Waals surface area contributed by atoms with Crippen molar-refractivity contribution in [3.05, 3.63) is 53.6 Å². The molecular weight excluding hydrogens is 446 g/mol. The minimum absolute atomic E-state index is 0.0367. The molecule has 1 fully saturated rings. The predicted octanol–water partition coefficient (Wildman–Crippen LogP) is 3.70. The molecule has 1 aliphatic rings. The van der Waals surface area contributed by atoms with Gasteiger partial charge in [0.25, 0.3) is 0 Å². The SMILES string of the molecule is COc1ccc(C(=O)[C@@H](C)OC(=O)c2cccc(S(=O)(=O)N3CCCCCC3)c2)c(OC)c1. The fourth-order valence-corrected chi connectivity index (χ4v) is 5.28. The van der Waals surface area contributed by atoms with E-state index in [1.165, 1.54) is 49.7 Å². The number of carbonyl (C=O) groups is 2. The minimum atomic E-state index is -3.71. The zero-order chi connectivity index (χ0) is 24.0. The van der Waals surface area contributed by atoms with Crippen LogP contribution in [0.1, 0.15) is 53.3 Å². The zero-order valence-electron chi connectivity index (χ0n) is 19.1. The fraction of sp³-hybridized carbons (Fsp3) is 0.417. The van der Waals surface area contributed by atoms with E-state index in [-0.39, 0.29) is 16.0 Å². The highest BCUT2D eigenvalue weighted by Gasteiger charge is 2.27. The van der Waals surface area contributed by atoms with Crippen LogP contribution in [0.2, 0.25) is 0 Å². The summed E-state index contributed by atoms with van der Waals surface area (Å²) in [5.74, 6) is -0.407. The summed E-state index contributed by atoms with van der Waals surface area (Å²) >= 11 is 0. The van der Waals surface area contributed by atoms with Crippen molar-refractivity contribution in [2.45, 2.75) is 43.6 Å². The van der Waals surface area contributed by atoms with Gasteiger partial charge in [-0.25, -0.2) is 13.2 Å². The number of methoxy groups -OCH3 is 2. The normalized spacial score (nSPS) is 15.8. The smallest absolute Gasteiger partial charge is 0.338 e. The molecule has 0 unspecified atom stereocenters.